The van der Waals surface area contributed by atoms with E-state index in [0.717, 1.165) is 9.87 Å². The molecular formula is C29H34ClN3O4S. The molecule has 0 fully saturated rings. The van der Waals surface area contributed by atoms with Crippen LogP contribution in [0.3, 0.4) is 0 Å². The molecule has 1 atom stereocenters. The minimum Gasteiger partial charge on any atom is -0.350 e. The van der Waals surface area contributed by atoms with E-state index in [2.05, 4.69) is 5.32 Å². The van der Waals surface area contributed by atoms with Gasteiger partial charge in [-0.05, 0) is 70.0 Å². The van der Waals surface area contributed by atoms with E-state index in [9.17, 15) is 18.0 Å². The van der Waals surface area contributed by atoms with Gasteiger partial charge in [0, 0.05) is 17.1 Å². The normalized spacial score (nSPS) is 12.5. The van der Waals surface area contributed by atoms with E-state index in [1.165, 1.54) is 23.1 Å². The maximum Gasteiger partial charge on any atom is 0.264 e. The van der Waals surface area contributed by atoms with Crippen molar-refractivity contribution in [3.63, 3.8) is 0 Å². The Hall–Kier alpha value is -3.36. The molecule has 3 aromatic carbocycles. The second kappa shape index (κ2) is 12.0. The molecule has 0 saturated heterocycles. The largest absolute Gasteiger partial charge is 0.350 e. The number of anilines is 1. The summed E-state index contributed by atoms with van der Waals surface area (Å²) in [5.74, 6) is -0.859. The predicted molar refractivity (Wildman–Crippen MR) is 152 cm³/mol. The molecule has 0 spiro atoms. The first-order valence-corrected chi connectivity index (χ1v) is 14.1. The third kappa shape index (κ3) is 7.36. The molecule has 3 aromatic rings. The summed E-state index contributed by atoms with van der Waals surface area (Å²) in [6.45, 7) is 8.59. The Balaban J connectivity index is 2.06. The summed E-state index contributed by atoms with van der Waals surface area (Å²) in [6.07, 6.45) is 0. The minimum absolute atomic E-state index is 0.0420. The number of rotatable bonds is 9. The van der Waals surface area contributed by atoms with Crippen LogP contribution in [0.1, 0.15) is 38.8 Å². The van der Waals surface area contributed by atoms with E-state index in [-0.39, 0.29) is 17.3 Å². The van der Waals surface area contributed by atoms with Gasteiger partial charge in [-0.15, -0.1) is 0 Å². The molecule has 0 bridgehead atoms. The lowest BCUT2D eigenvalue weighted by Gasteiger charge is -2.33. The van der Waals surface area contributed by atoms with Crippen LogP contribution in [0.25, 0.3) is 0 Å². The molecule has 38 heavy (non-hydrogen) atoms. The van der Waals surface area contributed by atoms with Crippen molar-refractivity contribution in [2.75, 3.05) is 10.8 Å². The smallest absolute Gasteiger partial charge is 0.264 e. The van der Waals surface area contributed by atoms with Crippen LogP contribution >= 0.6 is 11.6 Å². The highest BCUT2D eigenvalue weighted by molar-refractivity contribution is 7.92. The highest BCUT2D eigenvalue weighted by Crippen LogP contribution is 2.30. The molecule has 0 radical (unpaired) electrons. The van der Waals surface area contributed by atoms with Crippen LogP contribution in [0.5, 0.6) is 0 Å². The molecule has 2 amide bonds. The van der Waals surface area contributed by atoms with Crippen molar-refractivity contribution in [2.45, 2.75) is 57.6 Å². The van der Waals surface area contributed by atoms with Crippen molar-refractivity contribution < 1.29 is 18.0 Å². The molecule has 0 aliphatic carbocycles. The SMILES string of the molecule is Cc1ccc(Cl)cc1N(CC(=O)N(Cc1ccccc1)C(C)C(=O)NC(C)(C)C)S(=O)(=O)c1ccccc1. The van der Waals surface area contributed by atoms with Crippen LogP contribution in [-0.4, -0.2) is 43.3 Å². The number of sulfonamides is 1. The molecular weight excluding hydrogens is 522 g/mol. The topological polar surface area (TPSA) is 86.8 Å². The van der Waals surface area contributed by atoms with E-state index < -0.39 is 34.1 Å². The lowest BCUT2D eigenvalue weighted by Crippen LogP contribution is -2.54. The number of hydrogen-bond acceptors (Lipinski definition) is 4. The van der Waals surface area contributed by atoms with Gasteiger partial charge in [0.25, 0.3) is 10.0 Å². The third-order valence-corrected chi connectivity index (χ3v) is 7.92. The Morgan fingerprint density at radius 2 is 1.53 bits per heavy atom. The van der Waals surface area contributed by atoms with Gasteiger partial charge in [-0.25, -0.2) is 8.42 Å². The summed E-state index contributed by atoms with van der Waals surface area (Å²) in [4.78, 5) is 28.5. The number of halogens is 1. The van der Waals surface area contributed by atoms with Crippen molar-refractivity contribution in [1.29, 1.82) is 0 Å². The number of amides is 2. The maximum atomic E-state index is 13.9. The van der Waals surface area contributed by atoms with Crippen LogP contribution in [0.15, 0.2) is 83.8 Å². The van der Waals surface area contributed by atoms with Crippen LogP contribution < -0.4 is 9.62 Å². The summed E-state index contributed by atoms with van der Waals surface area (Å²) in [6, 6.07) is 21.2. The monoisotopic (exact) mass is 555 g/mol. The summed E-state index contributed by atoms with van der Waals surface area (Å²) >= 11 is 6.25. The predicted octanol–water partition coefficient (Wildman–Crippen LogP) is 5.18. The summed E-state index contributed by atoms with van der Waals surface area (Å²) in [7, 11) is -4.14. The number of benzene rings is 3. The highest BCUT2D eigenvalue weighted by atomic mass is 35.5. The van der Waals surface area contributed by atoms with E-state index in [0.29, 0.717) is 16.3 Å². The standard InChI is InChI=1S/C29H34ClN3O4S/c1-21-16-17-24(30)18-26(21)33(38(36,37)25-14-10-7-11-15-25)20-27(34)32(19-23-12-8-6-9-13-23)22(2)28(35)31-29(3,4)5/h6-18,22H,19-20H2,1-5H3,(H,31,35). The lowest BCUT2D eigenvalue weighted by atomic mass is 10.1. The van der Waals surface area contributed by atoms with Gasteiger partial charge in [-0.3, -0.25) is 13.9 Å². The average Bonchev–Trinajstić information content (AvgIpc) is 2.87. The van der Waals surface area contributed by atoms with Gasteiger partial charge in [-0.2, -0.15) is 0 Å². The van der Waals surface area contributed by atoms with Crippen LogP contribution in [-0.2, 0) is 26.2 Å². The first-order valence-electron chi connectivity index (χ1n) is 12.3. The molecule has 0 heterocycles. The summed E-state index contributed by atoms with van der Waals surface area (Å²) in [5, 5.41) is 3.25. The molecule has 0 aromatic heterocycles. The second-order valence-electron chi connectivity index (χ2n) is 10.2. The molecule has 9 heteroatoms. The molecule has 0 saturated carbocycles. The van der Waals surface area contributed by atoms with Gasteiger partial charge in [0.2, 0.25) is 11.8 Å². The van der Waals surface area contributed by atoms with Gasteiger partial charge >= 0.3 is 0 Å². The average molecular weight is 556 g/mol. The van der Waals surface area contributed by atoms with Crippen molar-refractivity contribution in [1.82, 2.24) is 10.2 Å². The van der Waals surface area contributed by atoms with Crippen molar-refractivity contribution in [3.05, 3.63) is 95.0 Å². The molecule has 0 aliphatic heterocycles. The Morgan fingerprint density at radius 3 is 2.11 bits per heavy atom. The maximum absolute atomic E-state index is 13.9. The van der Waals surface area contributed by atoms with Crippen LogP contribution in [0, 0.1) is 6.92 Å². The van der Waals surface area contributed by atoms with Gasteiger partial charge in [0.15, 0.2) is 0 Å². The first kappa shape index (κ1) is 29.2. The number of nitrogens with one attached hydrogen (secondary N) is 1. The Morgan fingerprint density at radius 1 is 0.947 bits per heavy atom. The van der Waals surface area contributed by atoms with Crippen LogP contribution in [0.4, 0.5) is 5.69 Å². The molecule has 0 aliphatic rings. The van der Waals surface area contributed by atoms with E-state index >= 15 is 0 Å². The fraction of sp³-hybridized carbons (Fsp3) is 0.310. The van der Waals surface area contributed by atoms with E-state index in [1.54, 1.807) is 44.2 Å². The molecule has 202 valence electrons. The number of aryl methyl sites for hydroxylation is 1. The lowest BCUT2D eigenvalue weighted by molar-refractivity contribution is -0.140. The van der Waals surface area contributed by atoms with Crippen molar-refractivity contribution in [2.24, 2.45) is 0 Å². The number of carbonyl (C=O) groups is 2. The fourth-order valence-corrected chi connectivity index (χ4v) is 5.58. The van der Waals surface area contributed by atoms with Gasteiger partial charge in [0.05, 0.1) is 10.6 Å². The Kier molecular flexibility index (Phi) is 9.22. The number of hydrogen-bond donors (Lipinski definition) is 1. The van der Waals surface area contributed by atoms with E-state index in [4.69, 9.17) is 11.6 Å². The van der Waals surface area contributed by atoms with Gasteiger partial charge in [0.1, 0.15) is 12.6 Å². The molecule has 3 rings (SSSR count). The van der Waals surface area contributed by atoms with Crippen molar-refractivity contribution in [3.8, 4) is 0 Å². The minimum atomic E-state index is -4.14. The third-order valence-electron chi connectivity index (χ3n) is 5.91. The molecule has 1 unspecified atom stereocenters. The van der Waals surface area contributed by atoms with Gasteiger partial charge < -0.3 is 10.2 Å². The second-order valence-corrected chi connectivity index (χ2v) is 12.5. The van der Waals surface area contributed by atoms with E-state index in [1.807, 2.05) is 51.1 Å². The fourth-order valence-electron chi connectivity index (χ4n) is 3.92. The zero-order valence-corrected chi connectivity index (χ0v) is 23.9. The Labute approximate surface area is 230 Å². The Bertz CT molecular complexity index is 1370. The molecule has 7 nitrogen and oxygen atoms in total. The summed E-state index contributed by atoms with van der Waals surface area (Å²) < 4.78 is 28.7. The molecule has 1 N–H and O–H groups in total. The first-order chi connectivity index (χ1) is 17.8. The quantitative estimate of drug-likeness (QED) is 0.394. The van der Waals surface area contributed by atoms with Gasteiger partial charge in [-0.1, -0.05) is 66.2 Å². The highest BCUT2D eigenvalue weighted by Gasteiger charge is 2.33. The zero-order chi connectivity index (χ0) is 28.1. The zero-order valence-electron chi connectivity index (χ0n) is 22.3. The van der Waals surface area contributed by atoms with Crippen LogP contribution in [0.2, 0.25) is 5.02 Å². The number of carbonyl (C=O) groups excluding carboxylic acids is 2. The summed E-state index contributed by atoms with van der Waals surface area (Å²) in [5.41, 5.74) is 1.23. The van der Waals surface area contributed by atoms with Crippen molar-refractivity contribution >= 4 is 39.1 Å². The number of nitrogens with zero attached hydrogens (tertiary/aromatic N) is 2.